The van der Waals surface area contributed by atoms with Crippen molar-refractivity contribution in [3.05, 3.63) is 54.5 Å². The van der Waals surface area contributed by atoms with Gasteiger partial charge in [0.25, 0.3) is 0 Å². The van der Waals surface area contributed by atoms with E-state index in [0.717, 1.165) is 22.6 Å². The minimum Gasteiger partial charge on any atom is -0.336 e. The second kappa shape index (κ2) is 7.31. The molecular formula is C17H18ClN7. The number of aromatic nitrogens is 6. The van der Waals surface area contributed by atoms with Crippen molar-refractivity contribution >= 4 is 28.8 Å². The quantitative estimate of drug-likeness (QED) is 0.563. The van der Waals surface area contributed by atoms with Crippen LogP contribution in [0.15, 0.2) is 49.3 Å². The zero-order valence-electron chi connectivity index (χ0n) is 14.2. The summed E-state index contributed by atoms with van der Waals surface area (Å²) in [7, 11) is 1.88. The molecule has 0 unspecified atom stereocenters. The molecule has 1 N–H and O–H groups in total. The topological polar surface area (TPSA) is 72.9 Å². The second-order valence-corrected chi connectivity index (χ2v) is 5.40. The molecule has 0 amide bonds. The molecule has 4 aromatic rings. The van der Waals surface area contributed by atoms with Crippen LogP contribution in [-0.4, -0.2) is 29.1 Å². The van der Waals surface area contributed by atoms with E-state index in [1.165, 1.54) is 0 Å². The van der Waals surface area contributed by atoms with Gasteiger partial charge in [-0.1, -0.05) is 25.4 Å². The van der Waals surface area contributed by atoms with Crippen LogP contribution in [0.5, 0.6) is 0 Å². The summed E-state index contributed by atoms with van der Waals surface area (Å²) in [6, 6.07) is 3.56. The van der Waals surface area contributed by atoms with Crippen LogP contribution in [0.3, 0.4) is 0 Å². The molecule has 0 spiro atoms. The fourth-order valence-corrected chi connectivity index (χ4v) is 2.47. The van der Waals surface area contributed by atoms with Gasteiger partial charge in [-0.05, 0) is 12.1 Å². The molecule has 0 saturated heterocycles. The van der Waals surface area contributed by atoms with Crippen LogP contribution in [-0.2, 0) is 7.05 Å². The summed E-state index contributed by atoms with van der Waals surface area (Å²) in [5.74, 6) is 0.645. The summed E-state index contributed by atoms with van der Waals surface area (Å²) in [6.45, 7) is 4.00. The van der Waals surface area contributed by atoms with Gasteiger partial charge in [-0.25, -0.2) is 15.0 Å². The molecule has 8 heteroatoms. The third kappa shape index (κ3) is 3.46. The van der Waals surface area contributed by atoms with Crippen LogP contribution in [0.1, 0.15) is 13.8 Å². The molecule has 0 saturated carbocycles. The average molecular weight is 356 g/mol. The van der Waals surface area contributed by atoms with Crippen molar-refractivity contribution in [2.75, 3.05) is 5.32 Å². The molecule has 0 aromatic carbocycles. The Morgan fingerprint density at radius 2 is 1.88 bits per heavy atom. The maximum Gasteiger partial charge on any atom is 0.180 e. The Labute approximate surface area is 150 Å². The van der Waals surface area contributed by atoms with E-state index in [9.17, 15) is 0 Å². The van der Waals surface area contributed by atoms with Crippen molar-refractivity contribution < 1.29 is 0 Å². The van der Waals surface area contributed by atoms with E-state index in [-0.39, 0.29) is 0 Å². The lowest BCUT2D eigenvalue weighted by Gasteiger charge is -2.07. The van der Waals surface area contributed by atoms with Crippen molar-refractivity contribution in [1.82, 2.24) is 29.1 Å². The first kappa shape index (κ1) is 16.9. The number of hydrogen-bond donors (Lipinski definition) is 1. The average Bonchev–Trinajstić information content (AvgIpc) is 3.25. The number of pyridine rings is 1. The molecule has 0 bridgehead atoms. The molecular weight excluding hydrogens is 338 g/mol. The zero-order chi connectivity index (χ0) is 17.8. The van der Waals surface area contributed by atoms with Crippen molar-refractivity contribution in [3.8, 4) is 11.3 Å². The van der Waals surface area contributed by atoms with Crippen LogP contribution >= 0.6 is 11.6 Å². The largest absolute Gasteiger partial charge is 0.336 e. The van der Waals surface area contributed by atoms with Gasteiger partial charge in [-0.3, -0.25) is 9.08 Å². The molecule has 4 heterocycles. The predicted octanol–water partition coefficient (Wildman–Crippen LogP) is 3.95. The molecule has 4 aromatic heterocycles. The maximum absolute atomic E-state index is 5.80. The van der Waals surface area contributed by atoms with Crippen molar-refractivity contribution in [2.45, 2.75) is 13.8 Å². The Morgan fingerprint density at radius 1 is 1.04 bits per heavy atom. The molecule has 4 rings (SSSR count). The Hall–Kier alpha value is -2.93. The van der Waals surface area contributed by atoms with Gasteiger partial charge >= 0.3 is 0 Å². The molecule has 0 atom stereocenters. The van der Waals surface area contributed by atoms with Gasteiger partial charge < -0.3 is 5.32 Å². The highest BCUT2D eigenvalue weighted by Crippen LogP contribution is 2.24. The third-order valence-corrected chi connectivity index (χ3v) is 3.64. The fourth-order valence-electron chi connectivity index (χ4n) is 2.36. The van der Waals surface area contributed by atoms with Crippen LogP contribution in [0.4, 0.5) is 11.5 Å². The molecule has 128 valence electrons. The van der Waals surface area contributed by atoms with Crippen molar-refractivity contribution in [2.24, 2.45) is 7.05 Å². The van der Waals surface area contributed by atoms with Gasteiger partial charge in [-0.2, -0.15) is 5.10 Å². The first-order chi connectivity index (χ1) is 12.2. The van der Waals surface area contributed by atoms with E-state index in [2.05, 4.69) is 25.4 Å². The zero-order valence-corrected chi connectivity index (χ0v) is 14.9. The monoisotopic (exact) mass is 355 g/mol. The Balaban J connectivity index is 0.000000880. The summed E-state index contributed by atoms with van der Waals surface area (Å²) in [5, 5.41) is 7.85. The lowest BCUT2D eigenvalue weighted by Crippen LogP contribution is -1.98. The lowest BCUT2D eigenvalue weighted by molar-refractivity contribution is 0.768. The summed E-state index contributed by atoms with van der Waals surface area (Å²) in [5.41, 5.74) is 3.46. The van der Waals surface area contributed by atoms with Crippen molar-refractivity contribution in [1.29, 1.82) is 0 Å². The minimum atomic E-state index is 0.446. The molecule has 0 aliphatic carbocycles. The van der Waals surface area contributed by atoms with Crippen LogP contribution in [0.25, 0.3) is 16.9 Å². The summed E-state index contributed by atoms with van der Waals surface area (Å²) in [6.07, 6.45) is 10.8. The van der Waals surface area contributed by atoms with Gasteiger partial charge in [0.05, 0.1) is 30.0 Å². The van der Waals surface area contributed by atoms with E-state index in [1.54, 1.807) is 35.5 Å². The molecule has 0 radical (unpaired) electrons. The summed E-state index contributed by atoms with van der Waals surface area (Å²) >= 11 is 5.80. The highest BCUT2D eigenvalue weighted by Gasteiger charge is 2.11. The van der Waals surface area contributed by atoms with Gasteiger partial charge in [0.1, 0.15) is 5.15 Å². The smallest absolute Gasteiger partial charge is 0.180 e. The number of imidazole rings is 1. The first-order valence-corrected chi connectivity index (χ1v) is 8.28. The minimum absolute atomic E-state index is 0.446. The SMILES string of the molecule is CC.Cn1cc(-c2cnc3c(Nc4ccc(Cl)nc4)nccn23)cn1. The standard InChI is InChI=1S/C15H12ClN7.C2H6/c1-22-9-10(6-20-22)12-8-19-15-14(17-4-5-23(12)15)21-11-2-3-13(16)18-7-11;1-2/h2-9H,1H3,(H,17,21);1-2H3. The number of anilines is 2. The maximum atomic E-state index is 5.80. The molecule has 7 nitrogen and oxygen atoms in total. The fraction of sp³-hybridized carbons (Fsp3) is 0.176. The van der Waals surface area contributed by atoms with E-state index >= 15 is 0 Å². The highest BCUT2D eigenvalue weighted by molar-refractivity contribution is 6.29. The second-order valence-electron chi connectivity index (χ2n) is 5.01. The van der Waals surface area contributed by atoms with Gasteiger partial charge in [0, 0.05) is 31.2 Å². The summed E-state index contributed by atoms with van der Waals surface area (Å²) in [4.78, 5) is 12.9. The van der Waals surface area contributed by atoms with Crippen LogP contribution in [0.2, 0.25) is 5.15 Å². The number of nitrogens with one attached hydrogen (secondary N) is 1. The van der Waals surface area contributed by atoms with E-state index in [4.69, 9.17) is 11.6 Å². The van der Waals surface area contributed by atoms with E-state index < -0.39 is 0 Å². The molecule has 0 aliphatic rings. The third-order valence-electron chi connectivity index (χ3n) is 3.42. The Kier molecular flexibility index (Phi) is 4.95. The number of fused-ring (bicyclic) bond motifs is 1. The number of halogens is 1. The van der Waals surface area contributed by atoms with Gasteiger partial charge in [-0.15, -0.1) is 0 Å². The van der Waals surface area contributed by atoms with E-state index in [1.807, 2.05) is 43.8 Å². The molecule has 0 aliphatic heterocycles. The number of aryl methyl sites for hydroxylation is 1. The molecule has 25 heavy (non-hydrogen) atoms. The van der Waals surface area contributed by atoms with Gasteiger partial charge in [0.15, 0.2) is 11.5 Å². The van der Waals surface area contributed by atoms with Crippen LogP contribution in [0, 0.1) is 0 Å². The highest BCUT2D eigenvalue weighted by atomic mass is 35.5. The van der Waals surface area contributed by atoms with Crippen LogP contribution < -0.4 is 5.32 Å². The van der Waals surface area contributed by atoms with Gasteiger partial charge in [0.2, 0.25) is 0 Å². The number of hydrogen-bond acceptors (Lipinski definition) is 5. The predicted molar refractivity (Wildman–Crippen MR) is 99.1 cm³/mol. The Bertz CT molecular complexity index is 972. The van der Waals surface area contributed by atoms with Crippen molar-refractivity contribution in [3.63, 3.8) is 0 Å². The molecule has 0 fully saturated rings. The lowest BCUT2D eigenvalue weighted by atomic mass is 10.3. The van der Waals surface area contributed by atoms with E-state index in [0.29, 0.717) is 11.0 Å². The first-order valence-electron chi connectivity index (χ1n) is 7.90. The number of nitrogens with zero attached hydrogens (tertiary/aromatic N) is 6. The normalized spacial score (nSPS) is 10.4. The number of rotatable bonds is 3. The Morgan fingerprint density at radius 3 is 2.56 bits per heavy atom. The summed E-state index contributed by atoms with van der Waals surface area (Å²) < 4.78 is 3.73.